The molecule has 0 aliphatic carbocycles. The van der Waals surface area contributed by atoms with E-state index in [9.17, 15) is 4.79 Å². The molecule has 1 aromatic carbocycles. The van der Waals surface area contributed by atoms with Gasteiger partial charge in [-0.15, -0.1) is 0 Å². The first-order chi connectivity index (χ1) is 8.22. The molecule has 0 spiro atoms. The van der Waals surface area contributed by atoms with E-state index in [1.165, 1.54) is 0 Å². The third-order valence-electron chi connectivity index (χ3n) is 3.10. The van der Waals surface area contributed by atoms with Crippen LogP contribution in [0.5, 0.6) is 5.75 Å². The molecule has 0 saturated carbocycles. The first kappa shape index (κ1) is 11.9. The van der Waals surface area contributed by atoms with E-state index in [4.69, 9.17) is 10.5 Å². The summed E-state index contributed by atoms with van der Waals surface area (Å²) < 4.78 is 5.17. The van der Waals surface area contributed by atoms with Crippen LogP contribution < -0.4 is 15.4 Å². The number of anilines is 1. The van der Waals surface area contributed by atoms with Crippen molar-refractivity contribution in [1.82, 2.24) is 0 Å². The van der Waals surface area contributed by atoms with Crippen LogP contribution in [-0.2, 0) is 4.79 Å². The fraction of sp³-hybridized carbons (Fsp3) is 0.462. The van der Waals surface area contributed by atoms with Gasteiger partial charge in [0, 0.05) is 18.3 Å². The molecular formula is C13H18N2O2. The molecule has 1 heterocycles. The van der Waals surface area contributed by atoms with Crippen LogP contribution in [0.1, 0.15) is 19.3 Å². The molecule has 0 bridgehead atoms. The Bertz CT molecular complexity index is 406. The average Bonchev–Trinajstić information content (AvgIpc) is 2.53. The van der Waals surface area contributed by atoms with Gasteiger partial charge in [-0.2, -0.15) is 0 Å². The summed E-state index contributed by atoms with van der Waals surface area (Å²) in [4.78, 5) is 13.9. The third-order valence-corrected chi connectivity index (χ3v) is 3.10. The summed E-state index contributed by atoms with van der Waals surface area (Å²) in [5.41, 5.74) is 6.72. The number of carbonyl (C=O) groups is 1. The Kier molecular flexibility index (Phi) is 3.64. The van der Waals surface area contributed by atoms with Crippen LogP contribution in [0.2, 0.25) is 0 Å². The Balaban J connectivity index is 2.26. The molecule has 0 radical (unpaired) electrons. The van der Waals surface area contributed by atoms with Crippen molar-refractivity contribution in [3.8, 4) is 5.75 Å². The van der Waals surface area contributed by atoms with Crippen LogP contribution in [0.3, 0.4) is 0 Å². The molecule has 1 aliphatic rings. The summed E-state index contributed by atoms with van der Waals surface area (Å²) in [6, 6.07) is 7.17. The molecule has 1 amide bonds. The van der Waals surface area contributed by atoms with Crippen molar-refractivity contribution in [2.24, 2.45) is 5.73 Å². The van der Waals surface area contributed by atoms with Gasteiger partial charge in [0.15, 0.2) is 0 Å². The van der Waals surface area contributed by atoms with Crippen molar-refractivity contribution >= 4 is 11.6 Å². The second-order valence-corrected chi connectivity index (χ2v) is 4.29. The van der Waals surface area contributed by atoms with Crippen molar-refractivity contribution in [3.05, 3.63) is 24.3 Å². The van der Waals surface area contributed by atoms with E-state index >= 15 is 0 Å². The van der Waals surface area contributed by atoms with E-state index < -0.39 is 0 Å². The molecule has 1 atom stereocenters. The fourth-order valence-electron chi connectivity index (χ4n) is 2.10. The maximum atomic E-state index is 12.1. The lowest BCUT2D eigenvalue weighted by Crippen LogP contribution is -2.42. The third kappa shape index (κ3) is 2.58. The Morgan fingerprint density at radius 3 is 3.00 bits per heavy atom. The number of rotatable bonds is 2. The topological polar surface area (TPSA) is 55.6 Å². The highest BCUT2D eigenvalue weighted by Crippen LogP contribution is 2.24. The van der Waals surface area contributed by atoms with Crippen molar-refractivity contribution in [3.63, 3.8) is 0 Å². The van der Waals surface area contributed by atoms with E-state index in [1.807, 2.05) is 24.3 Å². The lowest BCUT2D eigenvalue weighted by molar-refractivity contribution is -0.119. The Morgan fingerprint density at radius 1 is 1.41 bits per heavy atom. The lowest BCUT2D eigenvalue weighted by atomic mass is 10.1. The highest BCUT2D eigenvalue weighted by atomic mass is 16.5. The van der Waals surface area contributed by atoms with Gasteiger partial charge in [0.25, 0.3) is 0 Å². The molecule has 1 fully saturated rings. The van der Waals surface area contributed by atoms with Gasteiger partial charge in [-0.3, -0.25) is 4.79 Å². The molecule has 4 nitrogen and oxygen atoms in total. The Morgan fingerprint density at radius 2 is 2.24 bits per heavy atom. The van der Waals surface area contributed by atoms with E-state index in [0.717, 1.165) is 37.2 Å². The largest absolute Gasteiger partial charge is 0.497 e. The molecular weight excluding hydrogens is 216 g/mol. The Labute approximate surface area is 101 Å². The zero-order valence-electron chi connectivity index (χ0n) is 10.1. The van der Waals surface area contributed by atoms with E-state index in [2.05, 4.69) is 0 Å². The van der Waals surface area contributed by atoms with Gasteiger partial charge in [0.2, 0.25) is 5.91 Å². The molecule has 17 heavy (non-hydrogen) atoms. The molecule has 2 N–H and O–H groups in total. The predicted molar refractivity (Wildman–Crippen MR) is 67.2 cm³/mol. The summed E-state index contributed by atoms with van der Waals surface area (Å²) in [5, 5.41) is 0. The second kappa shape index (κ2) is 5.19. The van der Waals surface area contributed by atoms with E-state index in [-0.39, 0.29) is 11.9 Å². The number of nitrogens with zero attached hydrogens (tertiary/aromatic N) is 1. The first-order valence-electron chi connectivity index (χ1n) is 5.93. The van der Waals surface area contributed by atoms with Gasteiger partial charge in [0.05, 0.1) is 13.2 Å². The fourth-order valence-corrected chi connectivity index (χ4v) is 2.10. The maximum absolute atomic E-state index is 12.1. The highest BCUT2D eigenvalue weighted by molar-refractivity contribution is 5.97. The minimum atomic E-state index is -0.372. The SMILES string of the molecule is COc1cccc(N2CCCCC(N)C2=O)c1. The number of ether oxygens (including phenoxy) is 1. The number of nitrogens with two attached hydrogens (primary N) is 1. The van der Waals surface area contributed by atoms with Gasteiger partial charge in [-0.1, -0.05) is 6.07 Å². The van der Waals surface area contributed by atoms with Crippen LogP contribution in [0.15, 0.2) is 24.3 Å². The number of carbonyl (C=O) groups excluding carboxylic acids is 1. The van der Waals surface area contributed by atoms with Crippen molar-refractivity contribution < 1.29 is 9.53 Å². The van der Waals surface area contributed by atoms with Gasteiger partial charge in [-0.25, -0.2) is 0 Å². The summed E-state index contributed by atoms with van der Waals surface area (Å²) in [5.74, 6) is 0.767. The van der Waals surface area contributed by atoms with E-state index in [0.29, 0.717) is 0 Å². The van der Waals surface area contributed by atoms with Gasteiger partial charge in [-0.05, 0) is 31.4 Å². The Hall–Kier alpha value is -1.55. The van der Waals surface area contributed by atoms with E-state index in [1.54, 1.807) is 12.0 Å². The maximum Gasteiger partial charge on any atom is 0.243 e. The molecule has 1 aromatic rings. The van der Waals surface area contributed by atoms with Crippen LogP contribution >= 0.6 is 0 Å². The number of hydrogen-bond donors (Lipinski definition) is 1. The van der Waals surface area contributed by atoms with Crippen LogP contribution in [0.4, 0.5) is 5.69 Å². The molecule has 1 aliphatic heterocycles. The molecule has 1 saturated heterocycles. The summed E-state index contributed by atoms with van der Waals surface area (Å²) >= 11 is 0. The second-order valence-electron chi connectivity index (χ2n) is 4.29. The summed E-state index contributed by atoms with van der Waals surface area (Å²) in [6.45, 7) is 0.736. The monoisotopic (exact) mass is 234 g/mol. The zero-order valence-corrected chi connectivity index (χ0v) is 10.1. The number of methoxy groups -OCH3 is 1. The van der Waals surface area contributed by atoms with Crippen LogP contribution in [0, 0.1) is 0 Å². The first-order valence-corrected chi connectivity index (χ1v) is 5.93. The standard InChI is InChI=1S/C13H18N2O2/c1-17-11-6-4-5-10(9-11)15-8-3-2-7-12(14)13(15)16/h4-6,9,12H,2-3,7-8,14H2,1H3. The number of benzene rings is 1. The number of amides is 1. The smallest absolute Gasteiger partial charge is 0.243 e. The quantitative estimate of drug-likeness (QED) is 0.844. The number of hydrogen-bond acceptors (Lipinski definition) is 3. The van der Waals surface area contributed by atoms with Crippen molar-refractivity contribution in [1.29, 1.82) is 0 Å². The van der Waals surface area contributed by atoms with Gasteiger partial charge < -0.3 is 15.4 Å². The van der Waals surface area contributed by atoms with Gasteiger partial charge in [0.1, 0.15) is 5.75 Å². The van der Waals surface area contributed by atoms with Crippen LogP contribution in [-0.4, -0.2) is 25.6 Å². The normalized spacial score (nSPS) is 21.2. The van der Waals surface area contributed by atoms with Crippen LogP contribution in [0.25, 0.3) is 0 Å². The molecule has 0 aromatic heterocycles. The summed E-state index contributed by atoms with van der Waals surface area (Å²) in [7, 11) is 1.62. The molecule has 92 valence electrons. The highest BCUT2D eigenvalue weighted by Gasteiger charge is 2.24. The summed E-state index contributed by atoms with van der Waals surface area (Å²) in [6.07, 6.45) is 2.78. The zero-order chi connectivity index (χ0) is 12.3. The molecule has 1 unspecified atom stereocenters. The molecule has 2 rings (SSSR count). The average molecular weight is 234 g/mol. The van der Waals surface area contributed by atoms with Crippen molar-refractivity contribution in [2.75, 3.05) is 18.6 Å². The molecule has 4 heteroatoms. The minimum absolute atomic E-state index is 0.00996. The minimum Gasteiger partial charge on any atom is -0.497 e. The van der Waals surface area contributed by atoms with Crippen molar-refractivity contribution in [2.45, 2.75) is 25.3 Å². The predicted octanol–water partition coefficient (Wildman–Crippen LogP) is 1.54. The lowest BCUT2D eigenvalue weighted by Gasteiger charge is -2.23. The van der Waals surface area contributed by atoms with Gasteiger partial charge >= 0.3 is 0 Å².